The monoisotopic (exact) mass is 507 g/mol. The molecule has 0 amide bonds. The number of aliphatic carboxylic acids is 2. The number of benzene rings is 2. The fourth-order valence-corrected chi connectivity index (χ4v) is 6.68. The van der Waals surface area contributed by atoms with Gasteiger partial charge in [0.1, 0.15) is 0 Å². The Kier molecular flexibility index (Phi) is 7.10. The molecule has 0 radical (unpaired) electrons. The van der Waals surface area contributed by atoms with E-state index < -0.39 is 33.9 Å². The lowest BCUT2D eigenvalue weighted by Gasteiger charge is -2.61. The van der Waals surface area contributed by atoms with E-state index in [1.165, 1.54) is 18.2 Å². The van der Waals surface area contributed by atoms with Gasteiger partial charge in [0, 0.05) is 24.4 Å². The number of hydrogen-bond acceptors (Lipinski definition) is 6. The van der Waals surface area contributed by atoms with Gasteiger partial charge in [-0.1, -0.05) is 48.9 Å². The van der Waals surface area contributed by atoms with Gasteiger partial charge < -0.3 is 15.1 Å². The first kappa shape index (κ1) is 26.3. The Morgan fingerprint density at radius 1 is 1.05 bits per heavy atom. The molecule has 2 heterocycles. The van der Waals surface area contributed by atoms with Crippen LogP contribution in [0.2, 0.25) is 0 Å². The molecule has 0 aromatic heterocycles. The third kappa shape index (κ3) is 4.07. The number of nitro groups is 1. The summed E-state index contributed by atoms with van der Waals surface area (Å²) in [6, 6.07) is 14.7. The van der Waals surface area contributed by atoms with Crippen LogP contribution in [0.1, 0.15) is 51.2 Å². The average Bonchev–Trinajstić information content (AvgIpc) is 2.87. The van der Waals surface area contributed by atoms with Crippen molar-refractivity contribution in [1.82, 2.24) is 9.80 Å². The van der Waals surface area contributed by atoms with Crippen LogP contribution in [0.25, 0.3) is 0 Å². The highest BCUT2D eigenvalue weighted by atomic mass is 16.6. The van der Waals surface area contributed by atoms with Crippen molar-refractivity contribution < 1.29 is 24.7 Å². The van der Waals surface area contributed by atoms with Gasteiger partial charge in [0.05, 0.1) is 22.0 Å². The molecular weight excluding hydrogens is 474 g/mol. The van der Waals surface area contributed by atoms with Crippen molar-refractivity contribution in [2.45, 2.75) is 63.6 Å². The van der Waals surface area contributed by atoms with Crippen molar-refractivity contribution in [3.05, 3.63) is 87.1 Å². The molecule has 2 aliphatic rings. The minimum Gasteiger partial charge on any atom is -0.480 e. The number of non-ortho nitro benzene ring substituents is 1. The number of nitrogens with zero attached hydrogens (tertiary/aromatic N) is 3. The van der Waals surface area contributed by atoms with Crippen LogP contribution in [0.4, 0.5) is 5.69 Å². The number of hydrogen-bond donors (Lipinski definition) is 2. The Labute approximate surface area is 216 Å². The van der Waals surface area contributed by atoms with Gasteiger partial charge in [0.25, 0.3) is 5.69 Å². The average molecular weight is 508 g/mol. The van der Waals surface area contributed by atoms with E-state index in [9.17, 15) is 29.9 Å². The molecule has 2 aromatic carbocycles. The minimum atomic E-state index is -1.70. The van der Waals surface area contributed by atoms with Crippen LogP contribution in [0.3, 0.4) is 0 Å². The molecule has 4 rings (SSSR count). The fraction of sp³-hybridized carbons (Fsp3) is 0.429. The number of rotatable bonds is 7. The molecule has 1 fully saturated rings. The van der Waals surface area contributed by atoms with E-state index in [0.717, 1.165) is 24.8 Å². The first-order valence-corrected chi connectivity index (χ1v) is 12.5. The van der Waals surface area contributed by atoms with Crippen LogP contribution in [0.5, 0.6) is 0 Å². The molecule has 2 aromatic rings. The van der Waals surface area contributed by atoms with E-state index in [1.54, 1.807) is 19.9 Å². The molecule has 0 saturated carbocycles. The van der Waals surface area contributed by atoms with Gasteiger partial charge in [-0.15, -0.1) is 0 Å². The molecule has 3 unspecified atom stereocenters. The molecule has 3 atom stereocenters. The number of piperidine rings is 1. The summed E-state index contributed by atoms with van der Waals surface area (Å²) in [5, 5.41) is 33.5. The Bertz CT molecular complexity index is 1240. The molecular formula is C28H33N3O6. The highest BCUT2D eigenvalue weighted by Crippen LogP contribution is 2.54. The Morgan fingerprint density at radius 3 is 2.27 bits per heavy atom. The van der Waals surface area contributed by atoms with E-state index in [1.807, 2.05) is 47.1 Å². The van der Waals surface area contributed by atoms with Gasteiger partial charge in [-0.2, -0.15) is 0 Å². The SMILES string of the molecule is CC1=C(C(=O)O)C(C)(c2cccc([N+](=O)[O-])c2)C(C(=O)O)(N2CCCCC2)C(C)N1Cc1ccccc1. The molecule has 1 saturated heterocycles. The highest BCUT2D eigenvalue weighted by Gasteiger charge is 2.68. The number of carbonyl (C=O) groups is 2. The van der Waals surface area contributed by atoms with Gasteiger partial charge in [0.15, 0.2) is 5.54 Å². The molecule has 0 spiro atoms. The fourth-order valence-electron chi connectivity index (χ4n) is 6.68. The molecule has 2 aliphatic heterocycles. The normalized spacial score (nSPS) is 26.7. The lowest BCUT2D eigenvalue weighted by atomic mass is 9.55. The molecule has 9 nitrogen and oxygen atoms in total. The first-order chi connectivity index (χ1) is 17.6. The van der Waals surface area contributed by atoms with E-state index in [2.05, 4.69) is 0 Å². The van der Waals surface area contributed by atoms with Crippen LogP contribution in [-0.2, 0) is 21.5 Å². The van der Waals surface area contributed by atoms with E-state index in [4.69, 9.17) is 0 Å². The maximum absolute atomic E-state index is 13.6. The lowest BCUT2D eigenvalue weighted by Crippen LogP contribution is -2.77. The summed E-state index contributed by atoms with van der Waals surface area (Å²) in [4.78, 5) is 41.6. The van der Waals surface area contributed by atoms with Crippen molar-refractivity contribution in [3.8, 4) is 0 Å². The van der Waals surface area contributed by atoms with E-state index in [-0.39, 0.29) is 11.3 Å². The number of nitro benzene ring substituents is 1. The second kappa shape index (κ2) is 9.97. The summed E-state index contributed by atoms with van der Waals surface area (Å²) in [5.41, 5.74) is -1.89. The second-order valence-corrected chi connectivity index (χ2v) is 10.1. The van der Waals surface area contributed by atoms with Crippen LogP contribution in [0.15, 0.2) is 65.9 Å². The van der Waals surface area contributed by atoms with Crippen molar-refractivity contribution >= 4 is 17.6 Å². The number of allylic oxidation sites excluding steroid dienone is 1. The van der Waals surface area contributed by atoms with Gasteiger partial charge >= 0.3 is 11.9 Å². The van der Waals surface area contributed by atoms with Crippen molar-refractivity contribution in [3.63, 3.8) is 0 Å². The van der Waals surface area contributed by atoms with Crippen molar-refractivity contribution in [2.24, 2.45) is 0 Å². The Hall–Kier alpha value is -3.72. The van der Waals surface area contributed by atoms with Crippen molar-refractivity contribution in [2.75, 3.05) is 13.1 Å². The largest absolute Gasteiger partial charge is 0.480 e. The van der Waals surface area contributed by atoms with Gasteiger partial charge in [0.2, 0.25) is 0 Å². The molecule has 37 heavy (non-hydrogen) atoms. The van der Waals surface area contributed by atoms with Crippen LogP contribution in [-0.4, -0.2) is 61.5 Å². The van der Waals surface area contributed by atoms with Gasteiger partial charge in [-0.25, -0.2) is 4.79 Å². The zero-order valence-electron chi connectivity index (χ0n) is 21.4. The zero-order valence-corrected chi connectivity index (χ0v) is 21.4. The second-order valence-electron chi connectivity index (χ2n) is 10.1. The first-order valence-electron chi connectivity index (χ1n) is 12.5. The Balaban J connectivity index is 2.08. The maximum Gasteiger partial charge on any atom is 0.334 e. The van der Waals surface area contributed by atoms with Crippen molar-refractivity contribution in [1.29, 1.82) is 0 Å². The molecule has 0 bridgehead atoms. The number of likely N-dealkylation sites (tertiary alicyclic amines) is 1. The summed E-state index contributed by atoms with van der Waals surface area (Å²) in [6.45, 7) is 6.50. The standard InChI is InChI=1S/C28H33N3O6/c1-19-24(25(32)33)27(3,22-13-10-14-23(17-22)31(36)37)28(26(34)35,29-15-8-5-9-16-29)20(2)30(19)18-21-11-6-4-7-12-21/h4,6-7,10-14,17,20H,5,8-9,15-16,18H2,1-3H3,(H,32,33)(H,34,35). The van der Waals surface area contributed by atoms with E-state index >= 15 is 0 Å². The van der Waals surface area contributed by atoms with Crippen LogP contribution in [0, 0.1) is 10.1 Å². The van der Waals surface area contributed by atoms with Gasteiger partial charge in [-0.3, -0.25) is 19.8 Å². The third-order valence-corrected chi connectivity index (χ3v) is 8.35. The van der Waals surface area contributed by atoms with Crippen LogP contribution >= 0.6 is 0 Å². The predicted molar refractivity (Wildman–Crippen MR) is 138 cm³/mol. The zero-order chi connectivity index (χ0) is 27.0. The number of carboxylic acid groups (broad SMARTS) is 2. The topological polar surface area (TPSA) is 124 Å². The van der Waals surface area contributed by atoms with Crippen LogP contribution < -0.4 is 0 Å². The summed E-state index contributed by atoms with van der Waals surface area (Å²) in [6.07, 6.45) is 2.54. The molecule has 0 aliphatic carbocycles. The quantitative estimate of drug-likeness (QED) is 0.417. The smallest absolute Gasteiger partial charge is 0.334 e. The third-order valence-electron chi connectivity index (χ3n) is 8.35. The summed E-state index contributed by atoms with van der Waals surface area (Å²) >= 11 is 0. The summed E-state index contributed by atoms with van der Waals surface area (Å²) in [5.74, 6) is -2.38. The molecule has 2 N–H and O–H groups in total. The van der Waals surface area contributed by atoms with E-state index in [0.29, 0.717) is 30.9 Å². The number of carboxylic acids is 2. The summed E-state index contributed by atoms with van der Waals surface area (Å²) < 4.78 is 0. The molecule has 196 valence electrons. The Morgan fingerprint density at radius 2 is 1.70 bits per heavy atom. The summed E-state index contributed by atoms with van der Waals surface area (Å²) in [7, 11) is 0. The molecule has 9 heteroatoms. The minimum absolute atomic E-state index is 0.0602. The maximum atomic E-state index is 13.6. The lowest BCUT2D eigenvalue weighted by molar-refractivity contribution is -0.385. The van der Waals surface area contributed by atoms with Gasteiger partial charge in [-0.05, 0) is 57.8 Å². The predicted octanol–water partition coefficient (Wildman–Crippen LogP) is 4.42. The highest BCUT2D eigenvalue weighted by molar-refractivity contribution is 5.96.